The normalized spacial score (nSPS) is 23.8. The largest absolute Gasteiger partial charge is 0.481 e. The standard InChI is InChI=1S/C13H22N2O5S/c16-11(17)8-13(4-1-5-13)9-14-12(18)15-10-2-6-21(19,20)7-3-10/h10H,1-9H2,(H,16,17)(H2,14,15,18). The molecule has 0 spiro atoms. The van der Waals surface area contributed by atoms with Gasteiger partial charge in [-0.15, -0.1) is 0 Å². The number of nitrogens with one attached hydrogen (secondary N) is 2. The minimum atomic E-state index is -2.93. The maximum absolute atomic E-state index is 11.8. The molecule has 2 amide bonds. The van der Waals surface area contributed by atoms with Crippen molar-refractivity contribution in [2.24, 2.45) is 5.41 Å². The fourth-order valence-electron chi connectivity index (χ4n) is 2.95. The van der Waals surface area contributed by atoms with Crippen molar-refractivity contribution in [3.8, 4) is 0 Å². The smallest absolute Gasteiger partial charge is 0.315 e. The van der Waals surface area contributed by atoms with Gasteiger partial charge < -0.3 is 15.7 Å². The third-order valence-corrected chi connectivity index (χ3v) is 6.17. The number of amides is 2. The zero-order valence-electron chi connectivity index (χ0n) is 11.9. The van der Waals surface area contributed by atoms with Gasteiger partial charge in [-0.2, -0.15) is 0 Å². The molecule has 0 aromatic carbocycles. The summed E-state index contributed by atoms with van der Waals surface area (Å²) >= 11 is 0. The van der Waals surface area contributed by atoms with E-state index in [1.54, 1.807) is 0 Å². The minimum absolute atomic E-state index is 0.0783. The van der Waals surface area contributed by atoms with Gasteiger partial charge in [0.25, 0.3) is 0 Å². The molecule has 1 heterocycles. The molecule has 7 nitrogen and oxygen atoms in total. The lowest BCUT2D eigenvalue weighted by molar-refractivity contribution is -0.141. The molecule has 0 bridgehead atoms. The van der Waals surface area contributed by atoms with Crippen LogP contribution < -0.4 is 10.6 Å². The van der Waals surface area contributed by atoms with E-state index in [0.29, 0.717) is 19.4 Å². The van der Waals surface area contributed by atoms with Crippen LogP contribution in [-0.2, 0) is 14.6 Å². The summed E-state index contributed by atoms with van der Waals surface area (Å²) in [5, 5.41) is 14.4. The summed E-state index contributed by atoms with van der Waals surface area (Å²) < 4.78 is 22.6. The number of aliphatic carboxylic acids is 1. The van der Waals surface area contributed by atoms with E-state index in [4.69, 9.17) is 5.11 Å². The minimum Gasteiger partial charge on any atom is -0.481 e. The number of carbonyl (C=O) groups excluding carboxylic acids is 1. The van der Waals surface area contributed by atoms with E-state index in [9.17, 15) is 18.0 Å². The summed E-state index contributed by atoms with van der Waals surface area (Å²) in [6.07, 6.45) is 3.60. The highest BCUT2D eigenvalue weighted by molar-refractivity contribution is 7.91. The van der Waals surface area contributed by atoms with Gasteiger partial charge in [0.2, 0.25) is 0 Å². The monoisotopic (exact) mass is 318 g/mol. The molecule has 1 saturated heterocycles. The molecule has 1 saturated carbocycles. The van der Waals surface area contributed by atoms with Crippen molar-refractivity contribution >= 4 is 21.8 Å². The van der Waals surface area contributed by atoms with Crippen molar-refractivity contribution in [2.75, 3.05) is 18.1 Å². The van der Waals surface area contributed by atoms with E-state index in [1.165, 1.54) is 0 Å². The number of carboxylic acid groups (broad SMARTS) is 1. The van der Waals surface area contributed by atoms with Gasteiger partial charge in [-0.1, -0.05) is 6.42 Å². The number of carboxylic acids is 1. The first-order valence-electron chi connectivity index (χ1n) is 7.27. The lowest BCUT2D eigenvalue weighted by Gasteiger charge is -2.41. The average molecular weight is 318 g/mol. The van der Waals surface area contributed by atoms with Crippen molar-refractivity contribution in [1.82, 2.24) is 10.6 Å². The first kappa shape index (κ1) is 16.1. The van der Waals surface area contributed by atoms with Crippen molar-refractivity contribution < 1.29 is 23.1 Å². The van der Waals surface area contributed by atoms with Gasteiger partial charge in [-0.3, -0.25) is 4.79 Å². The molecule has 1 aliphatic heterocycles. The molecular formula is C13H22N2O5S. The molecular weight excluding hydrogens is 296 g/mol. The van der Waals surface area contributed by atoms with Crippen LogP contribution in [0, 0.1) is 5.41 Å². The van der Waals surface area contributed by atoms with Crippen molar-refractivity contribution in [2.45, 2.75) is 44.6 Å². The Balaban J connectivity index is 1.74. The van der Waals surface area contributed by atoms with Gasteiger partial charge in [-0.05, 0) is 31.1 Å². The van der Waals surface area contributed by atoms with Gasteiger partial charge in [0.05, 0.1) is 17.9 Å². The van der Waals surface area contributed by atoms with Crippen LogP contribution in [0.4, 0.5) is 4.79 Å². The number of hydrogen-bond acceptors (Lipinski definition) is 4. The van der Waals surface area contributed by atoms with Crippen LogP contribution in [0.2, 0.25) is 0 Å². The maximum atomic E-state index is 11.8. The molecule has 8 heteroatoms. The summed E-state index contributed by atoms with van der Waals surface area (Å²) in [6, 6.07) is -0.457. The van der Waals surface area contributed by atoms with Crippen LogP contribution >= 0.6 is 0 Å². The fourth-order valence-corrected chi connectivity index (χ4v) is 4.44. The Kier molecular flexibility index (Phi) is 4.75. The van der Waals surface area contributed by atoms with Crippen LogP contribution in [0.3, 0.4) is 0 Å². The van der Waals surface area contributed by atoms with E-state index in [1.807, 2.05) is 0 Å². The Hall–Kier alpha value is -1.31. The first-order chi connectivity index (χ1) is 9.80. The van der Waals surface area contributed by atoms with Gasteiger partial charge >= 0.3 is 12.0 Å². The Bertz CT molecular complexity index is 499. The van der Waals surface area contributed by atoms with E-state index in [0.717, 1.165) is 19.3 Å². The van der Waals surface area contributed by atoms with E-state index >= 15 is 0 Å². The highest BCUT2D eigenvalue weighted by Gasteiger charge is 2.39. The molecule has 1 aliphatic carbocycles. The average Bonchev–Trinajstić information content (AvgIpc) is 2.35. The topological polar surface area (TPSA) is 113 Å². The number of urea groups is 1. The molecule has 2 rings (SSSR count). The van der Waals surface area contributed by atoms with Gasteiger partial charge in [0.15, 0.2) is 0 Å². The van der Waals surface area contributed by atoms with Crippen LogP contribution in [0.15, 0.2) is 0 Å². The van der Waals surface area contributed by atoms with Crippen LogP contribution in [0.25, 0.3) is 0 Å². The third-order valence-electron chi connectivity index (χ3n) is 4.45. The molecule has 3 N–H and O–H groups in total. The van der Waals surface area contributed by atoms with Gasteiger partial charge in [0.1, 0.15) is 9.84 Å². The zero-order chi connectivity index (χ0) is 15.5. The molecule has 2 fully saturated rings. The Morgan fingerprint density at radius 3 is 2.29 bits per heavy atom. The molecule has 2 aliphatic rings. The summed E-state index contributed by atoms with van der Waals surface area (Å²) in [5.74, 6) is -0.615. The van der Waals surface area contributed by atoms with E-state index in [-0.39, 0.29) is 35.4 Å². The molecule has 0 unspecified atom stereocenters. The fraction of sp³-hybridized carbons (Fsp3) is 0.846. The second kappa shape index (κ2) is 6.21. The second-order valence-electron chi connectivity index (χ2n) is 6.18. The predicted molar refractivity (Wildman–Crippen MR) is 76.7 cm³/mol. The second-order valence-corrected chi connectivity index (χ2v) is 8.48. The summed E-state index contributed by atoms with van der Waals surface area (Å²) in [7, 11) is -2.93. The van der Waals surface area contributed by atoms with Crippen molar-refractivity contribution in [3.05, 3.63) is 0 Å². The number of rotatable bonds is 5. The predicted octanol–water partition coefficient (Wildman–Crippen LogP) is 0.508. The number of hydrogen-bond donors (Lipinski definition) is 3. The maximum Gasteiger partial charge on any atom is 0.315 e. The zero-order valence-corrected chi connectivity index (χ0v) is 12.7. The molecule has 0 radical (unpaired) electrons. The quantitative estimate of drug-likeness (QED) is 0.683. The van der Waals surface area contributed by atoms with Gasteiger partial charge in [-0.25, -0.2) is 13.2 Å². The molecule has 0 atom stereocenters. The Morgan fingerprint density at radius 2 is 1.81 bits per heavy atom. The SMILES string of the molecule is O=C(O)CC1(CNC(=O)NC2CCS(=O)(=O)CC2)CCC1. The highest BCUT2D eigenvalue weighted by atomic mass is 32.2. The van der Waals surface area contributed by atoms with Crippen LogP contribution in [0.1, 0.15) is 38.5 Å². The van der Waals surface area contributed by atoms with Crippen molar-refractivity contribution in [3.63, 3.8) is 0 Å². The molecule has 120 valence electrons. The van der Waals surface area contributed by atoms with E-state index in [2.05, 4.69) is 10.6 Å². The van der Waals surface area contributed by atoms with Crippen molar-refractivity contribution in [1.29, 1.82) is 0 Å². The lowest BCUT2D eigenvalue weighted by atomic mass is 9.66. The molecule has 0 aromatic heterocycles. The summed E-state index contributed by atoms with van der Waals surface area (Å²) in [6.45, 7) is 0.357. The third kappa shape index (κ3) is 4.59. The number of sulfone groups is 1. The van der Waals surface area contributed by atoms with Crippen LogP contribution in [-0.4, -0.2) is 49.6 Å². The summed E-state index contributed by atoms with van der Waals surface area (Å²) in [4.78, 5) is 22.7. The van der Waals surface area contributed by atoms with Crippen LogP contribution in [0.5, 0.6) is 0 Å². The summed E-state index contributed by atoms with van der Waals surface area (Å²) in [5.41, 5.74) is -0.306. The highest BCUT2D eigenvalue weighted by Crippen LogP contribution is 2.43. The molecule has 0 aromatic rings. The first-order valence-corrected chi connectivity index (χ1v) is 9.09. The molecule has 21 heavy (non-hydrogen) atoms. The van der Waals surface area contributed by atoms with E-state index < -0.39 is 15.8 Å². The Morgan fingerprint density at radius 1 is 1.19 bits per heavy atom. The van der Waals surface area contributed by atoms with Gasteiger partial charge in [0, 0.05) is 12.6 Å². The lowest BCUT2D eigenvalue weighted by Crippen LogP contribution is -2.50. The number of carbonyl (C=O) groups is 2. The Labute approximate surface area is 124 Å².